The summed E-state index contributed by atoms with van der Waals surface area (Å²) in [6, 6.07) is 9.38. The number of rotatable bonds is 1. The molecule has 0 saturated carbocycles. The quantitative estimate of drug-likeness (QED) is 0.752. The van der Waals surface area contributed by atoms with E-state index >= 15 is 0 Å². The summed E-state index contributed by atoms with van der Waals surface area (Å²) in [6.07, 6.45) is 0. The Morgan fingerprint density at radius 3 is 2.19 bits per heavy atom. The molecule has 0 spiro atoms. The molecule has 0 radical (unpaired) electrons. The van der Waals surface area contributed by atoms with Gasteiger partial charge in [-0.3, -0.25) is 0 Å². The molecule has 0 fully saturated rings. The molecule has 0 aliphatic carbocycles. The first-order valence-corrected chi connectivity index (χ1v) is 5.34. The first-order chi connectivity index (χ1) is 7.58. The lowest BCUT2D eigenvalue weighted by atomic mass is 10.0. The second-order valence-corrected chi connectivity index (χ2v) is 4.23. The fourth-order valence-corrected chi connectivity index (χ4v) is 1.80. The van der Waals surface area contributed by atoms with Crippen LogP contribution in [0, 0.1) is 5.82 Å². The van der Waals surface area contributed by atoms with E-state index in [9.17, 15) is 4.39 Å². The summed E-state index contributed by atoms with van der Waals surface area (Å²) in [6.45, 7) is 0. The first kappa shape index (κ1) is 11.2. The predicted octanol–water partition coefficient (Wildman–Crippen LogP) is 4.38. The molecule has 2 rings (SSSR count). The summed E-state index contributed by atoms with van der Waals surface area (Å²) in [5.41, 5.74) is 7.21. The Kier molecular flexibility index (Phi) is 3.03. The van der Waals surface area contributed by atoms with Crippen LogP contribution in [0.4, 0.5) is 10.1 Å². The smallest absolute Gasteiger partial charge is 0.132 e. The van der Waals surface area contributed by atoms with Crippen LogP contribution in [0.25, 0.3) is 11.1 Å². The standard InChI is InChI=1S/C12H8Cl2FN/c13-7-2-4-12(16)10(5-7)9-3-1-8(14)6-11(9)15/h1-6H,16H2. The number of hydrogen-bond donors (Lipinski definition) is 1. The Morgan fingerprint density at radius 2 is 1.50 bits per heavy atom. The zero-order valence-electron chi connectivity index (χ0n) is 8.18. The van der Waals surface area contributed by atoms with Crippen molar-refractivity contribution < 1.29 is 4.39 Å². The molecule has 0 bridgehead atoms. The molecule has 0 aromatic heterocycles. The second kappa shape index (κ2) is 4.32. The SMILES string of the molecule is Nc1ccc(Cl)cc1-c1ccc(Cl)cc1F. The highest BCUT2D eigenvalue weighted by molar-refractivity contribution is 6.31. The topological polar surface area (TPSA) is 26.0 Å². The molecule has 0 aliphatic heterocycles. The second-order valence-electron chi connectivity index (χ2n) is 3.36. The van der Waals surface area contributed by atoms with Crippen LogP contribution in [0.1, 0.15) is 0 Å². The largest absolute Gasteiger partial charge is 0.398 e. The third-order valence-electron chi connectivity index (χ3n) is 2.24. The average Bonchev–Trinajstić information content (AvgIpc) is 2.22. The number of benzene rings is 2. The normalized spacial score (nSPS) is 10.4. The molecule has 0 atom stereocenters. The van der Waals surface area contributed by atoms with Crippen LogP contribution in [0.5, 0.6) is 0 Å². The van der Waals surface area contributed by atoms with Crippen molar-refractivity contribution in [2.24, 2.45) is 0 Å². The molecule has 0 unspecified atom stereocenters. The third-order valence-corrected chi connectivity index (χ3v) is 2.71. The third kappa shape index (κ3) is 2.13. The van der Waals surface area contributed by atoms with Crippen molar-refractivity contribution in [2.45, 2.75) is 0 Å². The van der Waals surface area contributed by atoms with E-state index in [1.165, 1.54) is 6.07 Å². The predicted molar refractivity (Wildman–Crippen MR) is 66.3 cm³/mol. The molecular formula is C12H8Cl2FN. The molecule has 2 aromatic carbocycles. The summed E-state index contributed by atoms with van der Waals surface area (Å²) in [4.78, 5) is 0. The number of nitrogen functional groups attached to an aromatic ring is 1. The van der Waals surface area contributed by atoms with E-state index in [0.717, 1.165) is 0 Å². The Morgan fingerprint density at radius 1 is 0.875 bits per heavy atom. The average molecular weight is 256 g/mol. The molecular weight excluding hydrogens is 248 g/mol. The monoisotopic (exact) mass is 255 g/mol. The van der Waals surface area contributed by atoms with Gasteiger partial charge in [-0.05, 0) is 36.4 Å². The van der Waals surface area contributed by atoms with Crippen LogP contribution in [0.15, 0.2) is 36.4 Å². The van der Waals surface area contributed by atoms with E-state index in [1.54, 1.807) is 30.3 Å². The molecule has 16 heavy (non-hydrogen) atoms. The molecule has 0 aliphatic rings. The minimum Gasteiger partial charge on any atom is -0.398 e. The molecule has 0 amide bonds. The van der Waals surface area contributed by atoms with Gasteiger partial charge >= 0.3 is 0 Å². The van der Waals surface area contributed by atoms with Crippen LogP contribution < -0.4 is 5.73 Å². The van der Waals surface area contributed by atoms with Crippen LogP contribution >= 0.6 is 23.2 Å². The maximum Gasteiger partial charge on any atom is 0.132 e. The van der Waals surface area contributed by atoms with Gasteiger partial charge in [0, 0.05) is 26.9 Å². The lowest BCUT2D eigenvalue weighted by Crippen LogP contribution is -1.92. The van der Waals surface area contributed by atoms with Crippen molar-refractivity contribution >= 4 is 28.9 Å². The van der Waals surface area contributed by atoms with Crippen LogP contribution in [-0.2, 0) is 0 Å². The molecule has 2 aromatic rings. The van der Waals surface area contributed by atoms with E-state index in [4.69, 9.17) is 28.9 Å². The summed E-state index contributed by atoms with van der Waals surface area (Å²) >= 11 is 11.5. The van der Waals surface area contributed by atoms with Crippen LogP contribution in [0.2, 0.25) is 10.0 Å². The van der Waals surface area contributed by atoms with Crippen molar-refractivity contribution in [3.63, 3.8) is 0 Å². The van der Waals surface area contributed by atoms with Gasteiger partial charge in [-0.2, -0.15) is 0 Å². The minimum absolute atomic E-state index is 0.349. The van der Waals surface area contributed by atoms with Crippen molar-refractivity contribution in [3.05, 3.63) is 52.3 Å². The summed E-state index contributed by atoms with van der Waals surface area (Å²) < 4.78 is 13.7. The van der Waals surface area contributed by atoms with Crippen molar-refractivity contribution in [1.82, 2.24) is 0 Å². The van der Waals surface area contributed by atoms with Crippen LogP contribution in [-0.4, -0.2) is 0 Å². The van der Waals surface area contributed by atoms with Gasteiger partial charge in [0.05, 0.1) is 0 Å². The van der Waals surface area contributed by atoms with Gasteiger partial charge in [-0.1, -0.05) is 23.2 Å². The molecule has 2 N–H and O–H groups in total. The van der Waals surface area contributed by atoms with E-state index in [2.05, 4.69) is 0 Å². The van der Waals surface area contributed by atoms with Gasteiger partial charge in [0.1, 0.15) is 5.82 Å². The number of anilines is 1. The Hall–Kier alpha value is -1.25. The van der Waals surface area contributed by atoms with Gasteiger partial charge in [0.2, 0.25) is 0 Å². The zero-order chi connectivity index (χ0) is 11.7. The molecule has 4 heteroatoms. The van der Waals surface area contributed by atoms with Crippen molar-refractivity contribution in [1.29, 1.82) is 0 Å². The Bertz CT molecular complexity index is 541. The van der Waals surface area contributed by atoms with E-state index in [-0.39, 0.29) is 0 Å². The maximum atomic E-state index is 13.7. The number of hydrogen-bond acceptors (Lipinski definition) is 1. The summed E-state index contributed by atoms with van der Waals surface area (Å²) in [5.74, 6) is -0.415. The molecule has 1 nitrogen and oxygen atoms in total. The number of halogens is 3. The van der Waals surface area contributed by atoms with Gasteiger partial charge in [-0.25, -0.2) is 4.39 Å². The van der Waals surface area contributed by atoms with E-state index in [1.807, 2.05) is 0 Å². The molecule has 82 valence electrons. The maximum absolute atomic E-state index is 13.7. The fraction of sp³-hybridized carbons (Fsp3) is 0. The van der Waals surface area contributed by atoms with Gasteiger partial charge < -0.3 is 5.73 Å². The van der Waals surface area contributed by atoms with Crippen molar-refractivity contribution in [2.75, 3.05) is 5.73 Å². The highest BCUT2D eigenvalue weighted by Gasteiger charge is 2.09. The Balaban J connectivity index is 2.62. The first-order valence-electron chi connectivity index (χ1n) is 4.58. The van der Waals surface area contributed by atoms with Crippen LogP contribution in [0.3, 0.4) is 0 Å². The zero-order valence-corrected chi connectivity index (χ0v) is 9.69. The summed E-state index contributed by atoms with van der Waals surface area (Å²) in [7, 11) is 0. The summed E-state index contributed by atoms with van der Waals surface area (Å²) in [5, 5.41) is 0.861. The van der Waals surface area contributed by atoms with Crippen molar-refractivity contribution in [3.8, 4) is 11.1 Å². The van der Waals surface area contributed by atoms with Gasteiger partial charge in [0.25, 0.3) is 0 Å². The highest BCUT2D eigenvalue weighted by atomic mass is 35.5. The van der Waals surface area contributed by atoms with E-state index < -0.39 is 5.82 Å². The minimum atomic E-state index is -0.415. The fourth-order valence-electron chi connectivity index (χ4n) is 1.47. The lowest BCUT2D eigenvalue weighted by molar-refractivity contribution is 0.631. The van der Waals surface area contributed by atoms with Gasteiger partial charge in [0.15, 0.2) is 0 Å². The molecule has 0 heterocycles. The van der Waals surface area contributed by atoms with Gasteiger partial charge in [-0.15, -0.1) is 0 Å². The Labute approximate surface area is 103 Å². The highest BCUT2D eigenvalue weighted by Crippen LogP contribution is 2.31. The number of nitrogens with two attached hydrogens (primary N) is 1. The molecule has 0 saturated heterocycles. The lowest BCUT2D eigenvalue weighted by Gasteiger charge is -2.07. The van der Waals surface area contributed by atoms with E-state index in [0.29, 0.717) is 26.9 Å².